The van der Waals surface area contributed by atoms with Gasteiger partial charge in [-0.2, -0.15) is 11.3 Å². The Labute approximate surface area is 109 Å². The van der Waals surface area contributed by atoms with Crippen molar-refractivity contribution in [2.24, 2.45) is 0 Å². The molecule has 1 aliphatic heterocycles. The van der Waals surface area contributed by atoms with Gasteiger partial charge in [-0.3, -0.25) is 4.31 Å². The van der Waals surface area contributed by atoms with Crippen molar-refractivity contribution in [3.63, 3.8) is 0 Å². The highest BCUT2D eigenvalue weighted by atomic mass is 32.2. The summed E-state index contributed by atoms with van der Waals surface area (Å²) in [7, 11) is -2.07. The molecule has 1 aliphatic rings. The number of aliphatic hydroxyl groups excluding tert-OH is 1. The number of anilines is 1. The summed E-state index contributed by atoms with van der Waals surface area (Å²) in [6.07, 6.45) is -0.901. The summed E-state index contributed by atoms with van der Waals surface area (Å²) in [6.45, 7) is 0. The van der Waals surface area contributed by atoms with Crippen molar-refractivity contribution in [2.45, 2.75) is 11.0 Å². The molecule has 3 rings (SSSR count). The lowest BCUT2D eigenvalue weighted by Gasteiger charge is -2.19. The summed E-state index contributed by atoms with van der Waals surface area (Å²) in [6, 6.07) is 7.00. The summed E-state index contributed by atoms with van der Waals surface area (Å²) in [5, 5.41) is 13.6. The van der Waals surface area contributed by atoms with Gasteiger partial charge in [-0.05, 0) is 11.4 Å². The maximum atomic E-state index is 12.4. The van der Waals surface area contributed by atoms with Crippen LogP contribution in [0.2, 0.25) is 0 Å². The van der Waals surface area contributed by atoms with E-state index in [9.17, 15) is 13.5 Å². The minimum Gasteiger partial charge on any atom is -0.384 e. The summed E-state index contributed by atoms with van der Waals surface area (Å²) in [5.74, 6) is 0. The van der Waals surface area contributed by atoms with E-state index < -0.39 is 16.1 Å². The van der Waals surface area contributed by atoms with Gasteiger partial charge in [-0.1, -0.05) is 18.2 Å². The molecule has 0 aliphatic carbocycles. The van der Waals surface area contributed by atoms with E-state index in [2.05, 4.69) is 0 Å². The monoisotopic (exact) mass is 281 g/mol. The Hall–Kier alpha value is -1.37. The van der Waals surface area contributed by atoms with Crippen LogP contribution in [-0.2, 0) is 10.0 Å². The van der Waals surface area contributed by atoms with Crippen molar-refractivity contribution in [2.75, 3.05) is 11.4 Å². The van der Waals surface area contributed by atoms with Crippen molar-refractivity contribution < 1.29 is 13.5 Å². The third-order valence-electron chi connectivity index (χ3n) is 3.16. The van der Waals surface area contributed by atoms with Gasteiger partial charge in [0.25, 0.3) is 10.0 Å². The molecule has 0 bridgehead atoms. The molecule has 0 fully saturated rings. The van der Waals surface area contributed by atoms with Crippen molar-refractivity contribution in [1.82, 2.24) is 0 Å². The molecule has 1 unspecified atom stereocenters. The van der Waals surface area contributed by atoms with Crippen LogP contribution in [0, 0.1) is 0 Å². The lowest BCUT2D eigenvalue weighted by atomic mass is 10.0. The Morgan fingerprint density at radius 3 is 2.72 bits per heavy atom. The van der Waals surface area contributed by atoms with Crippen LogP contribution in [0.4, 0.5) is 5.69 Å². The molecule has 1 N–H and O–H groups in total. The molecular weight excluding hydrogens is 270 g/mol. The van der Waals surface area contributed by atoms with Gasteiger partial charge in [0.05, 0.1) is 5.69 Å². The van der Waals surface area contributed by atoms with Crippen LogP contribution in [0.3, 0.4) is 0 Å². The van der Waals surface area contributed by atoms with Crippen molar-refractivity contribution in [3.8, 4) is 0 Å². The number of sulfonamides is 1. The fourth-order valence-electron chi connectivity index (χ4n) is 2.15. The first-order valence-corrected chi connectivity index (χ1v) is 7.74. The molecule has 1 atom stereocenters. The highest BCUT2D eigenvalue weighted by Crippen LogP contribution is 2.41. The van der Waals surface area contributed by atoms with Crippen LogP contribution in [0.5, 0.6) is 0 Å². The second-order valence-electron chi connectivity index (χ2n) is 4.13. The van der Waals surface area contributed by atoms with Gasteiger partial charge < -0.3 is 5.11 Å². The number of rotatable bonds is 0. The Bertz CT molecular complexity index is 706. The quantitative estimate of drug-likeness (QED) is 0.803. The number of hydrogen-bond donors (Lipinski definition) is 1. The van der Waals surface area contributed by atoms with E-state index in [0.29, 0.717) is 16.8 Å². The third kappa shape index (κ3) is 1.43. The van der Waals surface area contributed by atoms with Crippen molar-refractivity contribution in [3.05, 3.63) is 46.2 Å². The van der Waals surface area contributed by atoms with E-state index in [1.54, 1.807) is 35.0 Å². The standard InChI is InChI=1S/C12H11NO3S2/c1-13-10-5-3-2-4-8(10)12(14)9-6-17-7-11(9)18(13,15)16/h2-7,12,14H,1H3. The molecule has 18 heavy (non-hydrogen) atoms. The molecule has 4 nitrogen and oxygen atoms in total. The highest BCUT2D eigenvalue weighted by molar-refractivity contribution is 7.93. The largest absolute Gasteiger partial charge is 0.384 e. The third-order valence-corrected chi connectivity index (χ3v) is 5.90. The first-order valence-electron chi connectivity index (χ1n) is 5.35. The summed E-state index contributed by atoms with van der Waals surface area (Å²) < 4.78 is 26.1. The first kappa shape index (κ1) is 11.7. The Morgan fingerprint density at radius 2 is 1.94 bits per heavy atom. The van der Waals surface area contributed by atoms with E-state index in [4.69, 9.17) is 0 Å². The average Bonchev–Trinajstić information content (AvgIpc) is 2.84. The summed E-state index contributed by atoms with van der Waals surface area (Å²) in [5.41, 5.74) is 1.59. The second kappa shape index (κ2) is 3.81. The molecule has 0 saturated carbocycles. The fraction of sp³-hybridized carbons (Fsp3) is 0.167. The average molecular weight is 281 g/mol. The summed E-state index contributed by atoms with van der Waals surface area (Å²) in [4.78, 5) is 0.193. The Balaban J connectivity index is 2.40. The van der Waals surface area contributed by atoms with Crippen LogP contribution in [0.25, 0.3) is 0 Å². The van der Waals surface area contributed by atoms with E-state index in [1.807, 2.05) is 0 Å². The summed E-state index contributed by atoms with van der Waals surface area (Å²) >= 11 is 1.28. The maximum absolute atomic E-state index is 12.4. The minimum atomic E-state index is -3.58. The molecule has 94 valence electrons. The van der Waals surface area contributed by atoms with E-state index in [0.717, 1.165) is 0 Å². The zero-order chi connectivity index (χ0) is 12.9. The zero-order valence-corrected chi connectivity index (χ0v) is 11.2. The first-order chi connectivity index (χ1) is 8.53. The number of nitrogens with zero attached hydrogens (tertiary/aromatic N) is 1. The number of fused-ring (bicyclic) bond motifs is 2. The Kier molecular flexibility index (Phi) is 2.48. The number of para-hydroxylation sites is 1. The molecule has 6 heteroatoms. The van der Waals surface area contributed by atoms with Gasteiger partial charge >= 0.3 is 0 Å². The fourth-order valence-corrected chi connectivity index (χ4v) is 4.80. The van der Waals surface area contributed by atoms with Crippen LogP contribution in [0.1, 0.15) is 17.2 Å². The minimum absolute atomic E-state index is 0.193. The highest BCUT2D eigenvalue weighted by Gasteiger charge is 2.34. The van der Waals surface area contributed by atoms with Crippen molar-refractivity contribution in [1.29, 1.82) is 0 Å². The molecule has 0 amide bonds. The number of benzene rings is 1. The second-order valence-corrected chi connectivity index (χ2v) is 6.81. The van der Waals surface area contributed by atoms with Crippen LogP contribution < -0.4 is 4.31 Å². The SMILES string of the molecule is CN1c2ccccc2C(O)c2cscc2S1(=O)=O. The Morgan fingerprint density at radius 1 is 1.22 bits per heavy atom. The van der Waals surface area contributed by atoms with Gasteiger partial charge in [0.15, 0.2) is 0 Å². The van der Waals surface area contributed by atoms with Crippen LogP contribution in [0.15, 0.2) is 39.9 Å². The van der Waals surface area contributed by atoms with Gasteiger partial charge in [0.1, 0.15) is 11.0 Å². The van der Waals surface area contributed by atoms with Gasteiger partial charge in [0.2, 0.25) is 0 Å². The van der Waals surface area contributed by atoms with Crippen LogP contribution in [-0.4, -0.2) is 20.6 Å². The van der Waals surface area contributed by atoms with Crippen molar-refractivity contribution >= 4 is 27.0 Å². The molecule has 0 spiro atoms. The van der Waals surface area contributed by atoms with Gasteiger partial charge in [-0.15, -0.1) is 0 Å². The molecule has 2 heterocycles. The predicted octanol–water partition coefficient (Wildman–Crippen LogP) is 1.97. The lowest BCUT2D eigenvalue weighted by molar-refractivity contribution is 0.219. The van der Waals surface area contributed by atoms with E-state index in [-0.39, 0.29) is 4.90 Å². The molecular formula is C12H11NO3S2. The smallest absolute Gasteiger partial charge is 0.265 e. The maximum Gasteiger partial charge on any atom is 0.265 e. The van der Waals surface area contributed by atoms with Crippen LogP contribution >= 0.6 is 11.3 Å². The molecule has 1 aromatic heterocycles. The van der Waals surface area contributed by atoms with Gasteiger partial charge in [0, 0.05) is 23.6 Å². The van der Waals surface area contributed by atoms with E-state index in [1.165, 1.54) is 22.7 Å². The molecule has 0 radical (unpaired) electrons. The topological polar surface area (TPSA) is 57.6 Å². The predicted molar refractivity (Wildman–Crippen MR) is 70.4 cm³/mol. The normalized spacial score (nSPS) is 21.0. The number of thiophene rings is 1. The zero-order valence-electron chi connectivity index (χ0n) is 9.57. The number of hydrogen-bond acceptors (Lipinski definition) is 4. The molecule has 2 aromatic rings. The lowest BCUT2D eigenvalue weighted by Crippen LogP contribution is -2.26. The molecule has 1 aromatic carbocycles. The van der Waals surface area contributed by atoms with Gasteiger partial charge in [-0.25, -0.2) is 8.42 Å². The molecule has 0 saturated heterocycles. The van der Waals surface area contributed by atoms with E-state index >= 15 is 0 Å². The number of aliphatic hydroxyl groups is 1.